The Hall–Kier alpha value is -1.96. The number of aromatic nitrogens is 2. The van der Waals surface area contributed by atoms with E-state index in [0.29, 0.717) is 44.7 Å². The minimum atomic E-state index is 0.0966. The monoisotopic (exact) mass is 715 g/mol. The maximum atomic E-state index is 11.2. The van der Waals surface area contributed by atoms with E-state index in [1.807, 2.05) is 41.5 Å². The lowest BCUT2D eigenvalue weighted by Gasteiger charge is -2.02. The van der Waals surface area contributed by atoms with E-state index >= 15 is 0 Å². The largest absolute Gasteiger partial charge is 0.356 e. The van der Waals surface area contributed by atoms with Crippen molar-refractivity contribution < 1.29 is 19.2 Å². The van der Waals surface area contributed by atoms with Gasteiger partial charge in [0.05, 0.1) is 21.4 Å². The third kappa shape index (κ3) is 27.2. The highest BCUT2D eigenvalue weighted by Crippen LogP contribution is 2.22. The number of carbonyl (C=O) groups excluding carboxylic acids is 4. The quantitative estimate of drug-likeness (QED) is 0.0859. The first kappa shape index (κ1) is 44.0. The summed E-state index contributed by atoms with van der Waals surface area (Å²) in [5.41, 5.74) is 2.39. The van der Waals surface area contributed by atoms with Gasteiger partial charge in [-0.1, -0.05) is 41.4 Å². The van der Waals surface area contributed by atoms with Crippen LogP contribution >= 0.6 is 44.3 Å². The fourth-order valence-corrected chi connectivity index (χ4v) is 7.19. The highest BCUT2D eigenvalue weighted by atomic mass is 33.1. The molecule has 0 saturated carbocycles. The maximum Gasteiger partial charge on any atom is 0.220 e. The van der Waals surface area contributed by atoms with Crippen LogP contribution in [0.4, 0.5) is 0 Å². The molecule has 46 heavy (non-hydrogen) atoms. The van der Waals surface area contributed by atoms with Gasteiger partial charge in [0.2, 0.25) is 17.7 Å². The van der Waals surface area contributed by atoms with Gasteiger partial charge in [-0.05, 0) is 66.7 Å². The van der Waals surface area contributed by atoms with Gasteiger partial charge in [-0.15, -0.1) is 22.7 Å². The van der Waals surface area contributed by atoms with Gasteiger partial charge in [0, 0.05) is 74.0 Å². The van der Waals surface area contributed by atoms with Crippen LogP contribution in [0.3, 0.4) is 0 Å². The second-order valence-corrected chi connectivity index (χ2v) is 15.2. The van der Waals surface area contributed by atoms with Gasteiger partial charge in [-0.2, -0.15) is 0 Å². The van der Waals surface area contributed by atoms with Gasteiger partial charge in [0.25, 0.3) is 0 Å². The summed E-state index contributed by atoms with van der Waals surface area (Å²) in [6, 6.07) is 0. The lowest BCUT2D eigenvalue weighted by molar-refractivity contribution is -0.121. The smallest absolute Gasteiger partial charge is 0.220 e. The molecule has 2 aromatic heterocycles. The Morgan fingerprint density at radius 3 is 1.39 bits per heavy atom. The number of rotatable bonds is 22. The van der Waals surface area contributed by atoms with E-state index < -0.39 is 0 Å². The number of hydrogen-bond acceptors (Lipinski definition) is 10. The maximum absolute atomic E-state index is 11.2. The van der Waals surface area contributed by atoms with Gasteiger partial charge in [0.1, 0.15) is 5.78 Å². The average Bonchev–Trinajstić information content (AvgIpc) is 3.64. The molecule has 0 aromatic carbocycles. The fourth-order valence-electron chi connectivity index (χ4n) is 3.91. The number of nitrogens with one attached hydrogen (secondary N) is 3. The van der Waals surface area contributed by atoms with Crippen LogP contribution in [0.1, 0.15) is 113 Å². The number of carbonyl (C=O) groups is 4. The van der Waals surface area contributed by atoms with Crippen molar-refractivity contribution in [3.63, 3.8) is 0 Å². The lowest BCUT2D eigenvalue weighted by Crippen LogP contribution is -2.23. The molecule has 9 nitrogen and oxygen atoms in total. The zero-order valence-corrected chi connectivity index (χ0v) is 32.1. The number of Topliss-reactive ketones (excluding diaryl/α,β-unsaturated/α-hetero) is 1. The van der Waals surface area contributed by atoms with Crippen molar-refractivity contribution in [3.8, 4) is 0 Å². The number of aryl methyl sites for hydroxylation is 4. The van der Waals surface area contributed by atoms with Crippen LogP contribution in [0.2, 0.25) is 0 Å². The van der Waals surface area contributed by atoms with E-state index in [2.05, 4.69) is 36.7 Å². The van der Waals surface area contributed by atoms with Crippen LogP contribution in [0.25, 0.3) is 0 Å². The topological polar surface area (TPSA) is 130 Å². The molecule has 0 aliphatic heterocycles. The minimum Gasteiger partial charge on any atom is -0.356 e. The van der Waals surface area contributed by atoms with Crippen molar-refractivity contribution in [1.82, 2.24) is 25.9 Å². The van der Waals surface area contributed by atoms with Gasteiger partial charge in [-0.3, -0.25) is 19.2 Å². The molecule has 0 spiro atoms. The minimum absolute atomic E-state index is 0.0966. The number of amides is 3. The van der Waals surface area contributed by atoms with Crippen LogP contribution in [0.5, 0.6) is 0 Å². The van der Waals surface area contributed by atoms with Gasteiger partial charge in [0.15, 0.2) is 0 Å². The second kappa shape index (κ2) is 30.4. The van der Waals surface area contributed by atoms with Gasteiger partial charge >= 0.3 is 0 Å². The number of nitrogens with zero attached hydrogens (tertiary/aromatic N) is 2. The van der Waals surface area contributed by atoms with E-state index in [-0.39, 0.29) is 17.7 Å². The highest BCUT2D eigenvalue weighted by molar-refractivity contribution is 8.76. The first-order valence-corrected chi connectivity index (χ1v) is 20.8. The lowest BCUT2D eigenvalue weighted by atomic mass is 10.1. The molecule has 3 amide bonds. The van der Waals surface area contributed by atoms with Crippen molar-refractivity contribution in [3.05, 3.63) is 32.2 Å². The molecule has 0 bridgehead atoms. The first-order valence-electron chi connectivity index (χ1n) is 16.5. The second-order valence-electron chi connectivity index (χ2n) is 10.4. The summed E-state index contributed by atoms with van der Waals surface area (Å²) in [5.74, 6) is 2.31. The van der Waals surface area contributed by atoms with E-state index in [1.54, 1.807) is 44.3 Å². The van der Waals surface area contributed by atoms with Gasteiger partial charge < -0.3 is 16.0 Å². The third-order valence-corrected chi connectivity index (χ3v) is 10.2. The molecule has 2 rings (SSSR count). The first-order chi connectivity index (χ1) is 22.1. The Bertz CT molecular complexity index is 966. The Balaban J connectivity index is 0.000000661. The number of unbranched alkanes of at least 4 members (excludes halogenated alkanes) is 3. The van der Waals surface area contributed by atoms with Crippen LogP contribution in [0, 0.1) is 13.8 Å². The summed E-state index contributed by atoms with van der Waals surface area (Å²) in [7, 11) is 3.29. The molecule has 0 atom stereocenters. The number of thiazole rings is 2. The zero-order valence-electron chi connectivity index (χ0n) is 28.8. The highest BCUT2D eigenvalue weighted by Gasteiger charge is 2.04. The van der Waals surface area contributed by atoms with E-state index in [4.69, 9.17) is 0 Å². The molecule has 2 heterocycles. The van der Waals surface area contributed by atoms with Crippen molar-refractivity contribution >= 4 is 67.8 Å². The molecule has 0 aliphatic rings. The summed E-state index contributed by atoms with van der Waals surface area (Å²) >= 11 is 3.43. The Morgan fingerprint density at radius 1 is 0.609 bits per heavy atom. The molecule has 0 fully saturated rings. The SMILES string of the molecule is CCCC(=O)CCCCCCC(=O)NCC.CCNC(=O)CCSSCCC(=O)NCC.Cc1nc(CCc2csc(C)n2)cs1. The number of ketones is 1. The Labute approximate surface area is 293 Å². The molecular weight excluding hydrogens is 659 g/mol. The predicted molar refractivity (Wildman–Crippen MR) is 199 cm³/mol. The van der Waals surface area contributed by atoms with Crippen LogP contribution in [-0.4, -0.2) is 64.6 Å². The molecule has 262 valence electrons. The van der Waals surface area contributed by atoms with E-state index in [1.165, 1.54) is 11.4 Å². The molecule has 13 heteroatoms. The molecule has 2 aromatic rings. The number of hydrogen-bond donors (Lipinski definition) is 3. The molecule has 0 unspecified atom stereocenters. The summed E-state index contributed by atoms with van der Waals surface area (Å²) in [5, 5.41) is 14.8. The molecule has 0 radical (unpaired) electrons. The molecule has 0 aliphatic carbocycles. The molecular formula is C33H57N5O4S4. The average molecular weight is 716 g/mol. The van der Waals surface area contributed by atoms with Crippen LogP contribution in [0.15, 0.2) is 10.8 Å². The zero-order chi connectivity index (χ0) is 34.4. The summed E-state index contributed by atoms with van der Waals surface area (Å²) in [6.45, 7) is 14.0. The van der Waals surface area contributed by atoms with E-state index in [9.17, 15) is 19.2 Å². The Kier molecular flexibility index (Phi) is 29.1. The standard InChI is InChI=1S/C13H25NO2.C10H20N2O2S2.C10H12N2S2/c1-3-9-12(15)10-7-5-6-8-11-13(16)14-4-2;1-3-11-9(13)5-7-15-16-8-6-10(14)12-4-2;1-7-11-9(5-13-7)3-4-10-6-14-8(2)12-10/h3-11H2,1-2H3,(H,14,16);3-8H2,1-2H3,(H,11,13)(H,12,14);5-6H,3-4H2,1-2H3. The van der Waals surface area contributed by atoms with Crippen molar-refractivity contribution in [2.75, 3.05) is 31.1 Å². The van der Waals surface area contributed by atoms with Crippen LogP contribution < -0.4 is 16.0 Å². The summed E-state index contributed by atoms with van der Waals surface area (Å²) in [6.07, 6.45) is 10.2. The predicted octanol–water partition coefficient (Wildman–Crippen LogP) is 7.25. The summed E-state index contributed by atoms with van der Waals surface area (Å²) in [4.78, 5) is 53.3. The third-order valence-electron chi connectivity index (χ3n) is 6.14. The van der Waals surface area contributed by atoms with Crippen molar-refractivity contribution in [2.24, 2.45) is 0 Å². The van der Waals surface area contributed by atoms with Crippen LogP contribution in [-0.2, 0) is 32.0 Å². The van der Waals surface area contributed by atoms with Gasteiger partial charge in [-0.25, -0.2) is 9.97 Å². The normalized spacial score (nSPS) is 10.2. The van der Waals surface area contributed by atoms with E-state index in [0.717, 1.165) is 79.3 Å². The molecule has 3 N–H and O–H groups in total. The summed E-state index contributed by atoms with van der Waals surface area (Å²) < 4.78 is 0. The Morgan fingerprint density at radius 2 is 1.02 bits per heavy atom. The van der Waals surface area contributed by atoms with Crippen molar-refractivity contribution in [1.29, 1.82) is 0 Å². The fraction of sp³-hybridized carbons (Fsp3) is 0.697. The molecule has 0 saturated heterocycles. The van der Waals surface area contributed by atoms with Crippen molar-refractivity contribution in [2.45, 2.75) is 119 Å².